The predicted octanol–water partition coefficient (Wildman–Crippen LogP) is 2.58. The maximum Gasteiger partial charge on any atom is 0.410 e. The Bertz CT molecular complexity index is 630. The molecule has 0 aromatic carbocycles. The van der Waals surface area contributed by atoms with Gasteiger partial charge in [0.15, 0.2) is 0 Å². The van der Waals surface area contributed by atoms with Crippen LogP contribution in [0.3, 0.4) is 0 Å². The topological polar surface area (TPSA) is 78.5 Å². The van der Waals surface area contributed by atoms with E-state index >= 15 is 0 Å². The molecule has 7 heteroatoms. The van der Waals surface area contributed by atoms with E-state index in [1.54, 1.807) is 11.0 Å². The average molecular weight is 348 g/mol. The van der Waals surface area contributed by atoms with E-state index < -0.39 is 5.60 Å². The standard InChI is InChI=1S/C18H28N4O3/c1-4-14(5-2)11-22-12-18(25-17(22)24)6-8-21(9-7-18)16(23)15-10-13(3)19-20-15/h10,14H,4-9,11-12H2,1-3H3,(H,19,20). The molecule has 0 aliphatic carbocycles. The van der Waals surface area contributed by atoms with Gasteiger partial charge in [0.05, 0.1) is 6.54 Å². The van der Waals surface area contributed by atoms with E-state index in [4.69, 9.17) is 4.74 Å². The summed E-state index contributed by atoms with van der Waals surface area (Å²) >= 11 is 0. The number of rotatable bonds is 5. The third-order valence-corrected chi connectivity index (χ3v) is 5.56. The summed E-state index contributed by atoms with van der Waals surface area (Å²) in [5.41, 5.74) is 0.896. The Hall–Kier alpha value is -2.05. The molecular weight excluding hydrogens is 320 g/mol. The molecule has 2 saturated heterocycles. The first-order valence-corrected chi connectivity index (χ1v) is 9.25. The van der Waals surface area contributed by atoms with Gasteiger partial charge in [-0.1, -0.05) is 26.7 Å². The third kappa shape index (κ3) is 3.65. The highest BCUT2D eigenvalue weighted by molar-refractivity contribution is 5.92. The number of hydrogen-bond acceptors (Lipinski definition) is 4. The molecule has 1 spiro atoms. The van der Waals surface area contributed by atoms with E-state index in [0.29, 0.717) is 44.1 Å². The third-order valence-electron chi connectivity index (χ3n) is 5.56. The van der Waals surface area contributed by atoms with E-state index in [2.05, 4.69) is 24.0 Å². The maximum absolute atomic E-state index is 12.5. The van der Waals surface area contributed by atoms with Crippen LogP contribution in [0.1, 0.15) is 55.7 Å². The number of carbonyl (C=O) groups is 2. The number of piperidine rings is 1. The highest BCUT2D eigenvalue weighted by atomic mass is 16.6. The fourth-order valence-electron chi connectivity index (χ4n) is 3.76. The quantitative estimate of drug-likeness (QED) is 0.887. The average Bonchev–Trinajstić information content (AvgIpc) is 3.16. The molecule has 0 bridgehead atoms. The highest BCUT2D eigenvalue weighted by Crippen LogP contribution is 2.34. The summed E-state index contributed by atoms with van der Waals surface area (Å²) in [6.07, 6.45) is 3.31. The number of ether oxygens (including phenoxy) is 1. The van der Waals surface area contributed by atoms with Crippen LogP contribution in [0.2, 0.25) is 0 Å². The zero-order valence-electron chi connectivity index (χ0n) is 15.4. The molecule has 2 aliphatic rings. The van der Waals surface area contributed by atoms with E-state index in [-0.39, 0.29) is 12.0 Å². The lowest BCUT2D eigenvalue weighted by Gasteiger charge is -2.37. The summed E-state index contributed by atoms with van der Waals surface area (Å²) in [5, 5.41) is 6.85. The van der Waals surface area contributed by atoms with Gasteiger partial charge in [0.1, 0.15) is 11.3 Å². The van der Waals surface area contributed by atoms with Crippen LogP contribution in [-0.4, -0.2) is 63.8 Å². The molecule has 0 saturated carbocycles. The van der Waals surface area contributed by atoms with Gasteiger partial charge in [-0.25, -0.2) is 4.79 Å². The van der Waals surface area contributed by atoms with Gasteiger partial charge in [-0.15, -0.1) is 0 Å². The lowest BCUT2D eigenvalue weighted by atomic mass is 9.90. The lowest BCUT2D eigenvalue weighted by molar-refractivity contribution is 0.00295. The molecule has 138 valence electrons. The van der Waals surface area contributed by atoms with Crippen LogP contribution in [0.5, 0.6) is 0 Å². The van der Waals surface area contributed by atoms with Crippen molar-refractivity contribution in [1.82, 2.24) is 20.0 Å². The summed E-state index contributed by atoms with van der Waals surface area (Å²) in [6, 6.07) is 1.76. The van der Waals surface area contributed by atoms with Gasteiger partial charge in [-0.2, -0.15) is 5.10 Å². The molecule has 1 aromatic rings. The minimum absolute atomic E-state index is 0.0580. The molecule has 3 heterocycles. The molecule has 7 nitrogen and oxygen atoms in total. The van der Waals surface area contributed by atoms with Crippen LogP contribution in [-0.2, 0) is 4.74 Å². The van der Waals surface area contributed by atoms with Gasteiger partial charge < -0.3 is 14.5 Å². The van der Waals surface area contributed by atoms with Gasteiger partial charge in [0, 0.05) is 38.2 Å². The Balaban J connectivity index is 1.58. The fraction of sp³-hybridized carbons (Fsp3) is 0.722. The Morgan fingerprint density at radius 1 is 1.36 bits per heavy atom. The lowest BCUT2D eigenvalue weighted by Crippen LogP contribution is -2.49. The summed E-state index contributed by atoms with van der Waals surface area (Å²) in [6.45, 7) is 8.79. The molecule has 0 radical (unpaired) electrons. The van der Waals surface area contributed by atoms with Crippen molar-refractivity contribution >= 4 is 12.0 Å². The zero-order valence-corrected chi connectivity index (χ0v) is 15.4. The van der Waals surface area contributed by atoms with Crippen molar-refractivity contribution in [3.63, 3.8) is 0 Å². The second-order valence-electron chi connectivity index (χ2n) is 7.34. The number of nitrogens with one attached hydrogen (secondary N) is 1. The van der Waals surface area contributed by atoms with Gasteiger partial charge in [0.25, 0.3) is 5.91 Å². The summed E-state index contributed by atoms with van der Waals surface area (Å²) in [5.74, 6) is 0.463. The van der Waals surface area contributed by atoms with Crippen LogP contribution >= 0.6 is 0 Å². The molecule has 1 N–H and O–H groups in total. The van der Waals surface area contributed by atoms with Crippen LogP contribution < -0.4 is 0 Å². The first kappa shape index (κ1) is 17.8. The number of aryl methyl sites for hydroxylation is 1. The summed E-state index contributed by atoms with van der Waals surface area (Å²) in [4.78, 5) is 28.4. The fourth-order valence-corrected chi connectivity index (χ4v) is 3.76. The highest BCUT2D eigenvalue weighted by Gasteiger charge is 2.47. The van der Waals surface area contributed by atoms with E-state index in [0.717, 1.165) is 25.1 Å². The van der Waals surface area contributed by atoms with Crippen molar-refractivity contribution in [3.8, 4) is 0 Å². The number of amides is 2. The second kappa shape index (κ2) is 7.06. The largest absolute Gasteiger partial charge is 0.441 e. The first-order chi connectivity index (χ1) is 12.0. The monoisotopic (exact) mass is 348 g/mol. The molecule has 25 heavy (non-hydrogen) atoms. The molecule has 0 atom stereocenters. The number of hydrogen-bond donors (Lipinski definition) is 1. The first-order valence-electron chi connectivity index (χ1n) is 9.25. The number of aromatic amines is 1. The number of H-pyrrole nitrogens is 1. The van der Waals surface area contributed by atoms with E-state index in [1.807, 2.05) is 11.8 Å². The molecular formula is C18H28N4O3. The van der Waals surface area contributed by atoms with Crippen LogP contribution in [0.15, 0.2) is 6.07 Å². The van der Waals surface area contributed by atoms with Crippen molar-refractivity contribution < 1.29 is 14.3 Å². The summed E-state index contributed by atoms with van der Waals surface area (Å²) in [7, 11) is 0. The van der Waals surface area contributed by atoms with Crippen molar-refractivity contribution in [2.24, 2.45) is 5.92 Å². The Labute approximate surface area is 148 Å². The number of likely N-dealkylation sites (tertiary alicyclic amines) is 1. The van der Waals surface area contributed by atoms with Crippen molar-refractivity contribution in [1.29, 1.82) is 0 Å². The molecule has 2 fully saturated rings. The normalized spacial score (nSPS) is 19.8. The van der Waals surface area contributed by atoms with Gasteiger partial charge in [-0.05, 0) is 18.9 Å². The van der Waals surface area contributed by atoms with Crippen LogP contribution in [0.25, 0.3) is 0 Å². The van der Waals surface area contributed by atoms with Gasteiger partial charge in [0.2, 0.25) is 0 Å². The zero-order chi connectivity index (χ0) is 18.0. The van der Waals surface area contributed by atoms with Crippen LogP contribution in [0.4, 0.5) is 4.79 Å². The van der Waals surface area contributed by atoms with E-state index in [1.165, 1.54) is 0 Å². The minimum Gasteiger partial charge on any atom is -0.441 e. The van der Waals surface area contributed by atoms with Crippen molar-refractivity contribution in [3.05, 3.63) is 17.5 Å². The maximum atomic E-state index is 12.5. The molecule has 2 amide bonds. The minimum atomic E-state index is -0.429. The molecule has 3 rings (SSSR count). The Morgan fingerprint density at radius 2 is 2.04 bits per heavy atom. The predicted molar refractivity (Wildman–Crippen MR) is 93.3 cm³/mol. The Kier molecular flexibility index (Phi) is 5.01. The summed E-state index contributed by atoms with van der Waals surface area (Å²) < 4.78 is 5.76. The van der Waals surface area contributed by atoms with Gasteiger partial charge in [-0.3, -0.25) is 9.89 Å². The van der Waals surface area contributed by atoms with Crippen molar-refractivity contribution in [2.45, 2.75) is 52.1 Å². The molecule has 2 aliphatic heterocycles. The second-order valence-corrected chi connectivity index (χ2v) is 7.34. The van der Waals surface area contributed by atoms with Crippen molar-refractivity contribution in [2.75, 3.05) is 26.2 Å². The molecule has 1 aromatic heterocycles. The number of nitrogens with zero attached hydrogens (tertiary/aromatic N) is 3. The Morgan fingerprint density at radius 3 is 2.60 bits per heavy atom. The van der Waals surface area contributed by atoms with E-state index in [9.17, 15) is 9.59 Å². The van der Waals surface area contributed by atoms with Crippen LogP contribution in [0, 0.1) is 12.8 Å². The van der Waals surface area contributed by atoms with Gasteiger partial charge >= 0.3 is 6.09 Å². The number of aromatic nitrogens is 2. The SMILES string of the molecule is CCC(CC)CN1CC2(CCN(C(=O)c3cc(C)[nH]n3)CC2)OC1=O. The smallest absolute Gasteiger partial charge is 0.410 e. The molecule has 0 unspecified atom stereocenters. The number of carbonyl (C=O) groups excluding carboxylic acids is 2.